The van der Waals surface area contributed by atoms with Crippen LogP contribution in [0.25, 0.3) is 0 Å². The van der Waals surface area contributed by atoms with E-state index in [0.29, 0.717) is 17.1 Å². The predicted octanol–water partition coefficient (Wildman–Crippen LogP) is 2.53. The standard InChI is InChI=1S/C16H22ClNO3/c1-16(2,21)14-4-3-9-18(14)15(20)10-13(19)11-5-7-12(17)8-6-11/h5-8,13-14,19,21H,3-4,9-10H2,1-2H3. The quantitative estimate of drug-likeness (QED) is 0.898. The molecule has 0 radical (unpaired) electrons. The van der Waals surface area contributed by atoms with Gasteiger partial charge in [-0.1, -0.05) is 23.7 Å². The van der Waals surface area contributed by atoms with Crippen LogP contribution < -0.4 is 0 Å². The molecule has 1 amide bonds. The van der Waals surface area contributed by atoms with Gasteiger partial charge in [-0.05, 0) is 44.4 Å². The first-order chi connectivity index (χ1) is 9.79. The Labute approximate surface area is 130 Å². The minimum atomic E-state index is -0.919. The minimum Gasteiger partial charge on any atom is -0.388 e. The molecule has 116 valence electrons. The van der Waals surface area contributed by atoms with Gasteiger partial charge in [0.15, 0.2) is 0 Å². The number of aliphatic hydroxyl groups is 2. The number of aliphatic hydroxyl groups excluding tert-OH is 1. The maximum absolute atomic E-state index is 12.4. The van der Waals surface area contributed by atoms with Gasteiger partial charge in [0.25, 0.3) is 0 Å². The molecular formula is C16H22ClNO3. The van der Waals surface area contributed by atoms with Crippen LogP contribution in [0.15, 0.2) is 24.3 Å². The zero-order valence-corrected chi connectivity index (χ0v) is 13.2. The molecule has 0 bridgehead atoms. The lowest BCUT2D eigenvalue weighted by molar-refractivity contribution is -0.138. The molecule has 1 aliphatic heterocycles. The first-order valence-electron chi connectivity index (χ1n) is 7.24. The molecule has 2 unspecified atom stereocenters. The zero-order valence-electron chi connectivity index (χ0n) is 12.4. The Balaban J connectivity index is 2.02. The summed E-state index contributed by atoms with van der Waals surface area (Å²) >= 11 is 5.81. The molecule has 21 heavy (non-hydrogen) atoms. The number of rotatable bonds is 4. The van der Waals surface area contributed by atoms with Crippen molar-refractivity contribution < 1.29 is 15.0 Å². The van der Waals surface area contributed by atoms with Gasteiger partial charge in [0.1, 0.15) is 0 Å². The fourth-order valence-electron chi connectivity index (χ4n) is 2.89. The summed E-state index contributed by atoms with van der Waals surface area (Å²) in [5, 5.41) is 20.9. The van der Waals surface area contributed by atoms with Crippen molar-refractivity contribution in [2.24, 2.45) is 0 Å². The number of benzene rings is 1. The number of halogens is 1. The molecule has 5 heteroatoms. The van der Waals surface area contributed by atoms with Crippen molar-refractivity contribution in [3.63, 3.8) is 0 Å². The van der Waals surface area contributed by atoms with E-state index in [9.17, 15) is 15.0 Å². The first-order valence-corrected chi connectivity index (χ1v) is 7.62. The molecule has 1 aromatic rings. The van der Waals surface area contributed by atoms with Gasteiger partial charge in [0, 0.05) is 11.6 Å². The largest absolute Gasteiger partial charge is 0.388 e. The smallest absolute Gasteiger partial charge is 0.225 e. The Kier molecular flexibility index (Phi) is 4.91. The van der Waals surface area contributed by atoms with Gasteiger partial charge in [-0.15, -0.1) is 0 Å². The van der Waals surface area contributed by atoms with Crippen LogP contribution >= 0.6 is 11.6 Å². The second kappa shape index (κ2) is 6.34. The van der Waals surface area contributed by atoms with Gasteiger partial charge < -0.3 is 15.1 Å². The van der Waals surface area contributed by atoms with Gasteiger partial charge >= 0.3 is 0 Å². The Morgan fingerprint density at radius 1 is 1.43 bits per heavy atom. The lowest BCUT2D eigenvalue weighted by Crippen LogP contribution is -2.48. The highest BCUT2D eigenvalue weighted by molar-refractivity contribution is 6.30. The van der Waals surface area contributed by atoms with Crippen LogP contribution in [-0.2, 0) is 4.79 Å². The number of amides is 1. The van der Waals surface area contributed by atoms with Crippen molar-refractivity contribution >= 4 is 17.5 Å². The lowest BCUT2D eigenvalue weighted by atomic mass is 9.96. The van der Waals surface area contributed by atoms with E-state index in [1.54, 1.807) is 43.0 Å². The molecular weight excluding hydrogens is 290 g/mol. The fraction of sp³-hybridized carbons (Fsp3) is 0.562. The molecule has 2 N–H and O–H groups in total. The van der Waals surface area contributed by atoms with Crippen LogP contribution in [0.3, 0.4) is 0 Å². The molecule has 0 saturated carbocycles. The van der Waals surface area contributed by atoms with E-state index in [0.717, 1.165) is 12.8 Å². The molecule has 0 aliphatic carbocycles. The van der Waals surface area contributed by atoms with Crippen molar-refractivity contribution in [2.45, 2.75) is 50.9 Å². The highest BCUT2D eigenvalue weighted by atomic mass is 35.5. The van der Waals surface area contributed by atoms with E-state index in [-0.39, 0.29) is 18.4 Å². The first kappa shape index (κ1) is 16.3. The molecule has 1 aromatic carbocycles. The zero-order chi connectivity index (χ0) is 15.6. The Bertz CT molecular complexity index is 495. The number of carbonyl (C=O) groups excluding carboxylic acids is 1. The molecule has 0 aromatic heterocycles. The third-order valence-electron chi connectivity index (χ3n) is 4.01. The van der Waals surface area contributed by atoms with E-state index >= 15 is 0 Å². The molecule has 1 fully saturated rings. The highest BCUT2D eigenvalue weighted by Gasteiger charge is 2.38. The van der Waals surface area contributed by atoms with Crippen molar-refractivity contribution in [1.29, 1.82) is 0 Å². The summed E-state index contributed by atoms with van der Waals surface area (Å²) in [6.07, 6.45) is 0.857. The van der Waals surface area contributed by atoms with E-state index in [4.69, 9.17) is 11.6 Å². The summed E-state index contributed by atoms with van der Waals surface area (Å²) in [7, 11) is 0. The van der Waals surface area contributed by atoms with Crippen LogP contribution in [0, 0.1) is 0 Å². The van der Waals surface area contributed by atoms with Crippen molar-refractivity contribution in [2.75, 3.05) is 6.54 Å². The summed E-state index contributed by atoms with van der Waals surface area (Å²) in [6.45, 7) is 4.08. The Morgan fingerprint density at radius 2 is 2.05 bits per heavy atom. The topological polar surface area (TPSA) is 60.8 Å². The summed E-state index contributed by atoms with van der Waals surface area (Å²) in [6, 6.07) is 6.65. The molecule has 1 heterocycles. The highest BCUT2D eigenvalue weighted by Crippen LogP contribution is 2.29. The van der Waals surface area contributed by atoms with Crippen LogP contribution in [0.5, 0.6) is 0 Å². The summed E-state index contributed by atoms with van der Waals surface area (Å²) in [5.41, 5.74) is -0.246. The summed E-state index contributed by atoms with van der Waals surface area (Å²) in [5.74, 6) is -0.123. The van der Waals surface area contributed by atoms with E-state index < -0.39 is 11.7 Å². The lowest BCUT2D eigenvalue weighted by Gasteiger charge is -2.34. The average Bonchev–Trinajstić information content (AvgIpc) is 2.88. The van der Waals surface area contributed by atoms with Crippen LogP contribution in [-0.4, -0.2) is 39.2 Å². The van der Waals surface area contributed by atoms with Gasteiger partial charge in [0.2, 0.25) is 5.91 Å². The molecule has 4 nitrogen and oxygen atoms in total. The SMILES string of the molecule is CC(C)(O)C1CCCN1C(=O)CC(O)c1ccc(Cl)cc1. The Morgan fingerprint density at radius 3 is 2.62 bits per heavy atom. The minimum absolute atomic E-state index is 0.0220. The number of nitrogens with zero attached hydrogens (tertiary/aromatic N) is 1. The van der Waals surface area contributed by atoms with E-state index in [1.807, 2.05) is 0 Å². The summed E-state index contributed by atoms with van der Waals surface area (Å²) < 4.78 is 0. The van der Waals surface area contributed by atoms with Gasteiger partial charge in [-0.25, -0.2) is 0 Å². The predicted molar refractivity (Wildman–Crippen MR) is 82.1 cm³/mol. The monoisotopic (exact) mass is 311 g/mol. The van der Waals surface area contributed by atoms with Gasteiger partial charge in [-0.3, -0.25) is 4.79 Å². The van der Waals surface area contributed by atoms with E-state index in [1.165, 1.54) is 0 Å². The molecule has 1 aliphatic rings. The van der Waals surface area contributed by atoms with Crippen LogP contribution in [0.2, 0.25) is 5.02 Å². The van der Waals surface area contributed by atoms with Gasteiger partial charge in [-0.2, -0.15) is 0 Å². The normalized spacial score (nSPS) is 20.6. The molecule has 2 atom stereocenters. The van der Waals surface area contributed by atoms with Crippen molar-refractivity contribution in [1.82, 2.24) is 4.90 Å². The van der Waals surface area contributed by atoms with Crippen LogP contribution in [0.4, 0.5) is 0 Å². The molecule has 0 spiro atoms. The average molecular weight is 312 g/mol. The second-order valence-corrected chi connectivity index (χ2v) is 6.61. The molecule has 2 rings (SSSR count). The van der Waals surface area contributed by atoms with Crippen LogP contribution in [0.1, 0.15) is 44.8 Å². The maximum Gasteiger partial charge on any atom is 0.225 e. The number of carbonyl (C=O) groups is 1. The fourth-order valence-corrected chi connectivity index (χ4v) is 3.01. The maximum atomic E-state index is 12.4. The number of hydrogen-bond donors (Lipinski definition) is 2. The van der Waals surface area contributed by atoms with Gasteiger partial charge in [0.05, 0.1) is 24.2 Å². The Hall–Kier alpha value is -1.10. The summed E-state index contributed by atoms with van der Waals surface area (Å²) in [4.78, 5) is 14.1. The molecule has 1 saturated heterocycles. The third kappa shape index (κ3) is 3.96. The third-order valence-corrected chi connectivity index (χ3v) is 4.26. The number of hydrogen-bond acceptors (Lipinski definition) is 3. The van der Waals surface area contributed by atoms with Crippen molar-refractivity contribution in [3.05, 3.63) is 34.9 Å². The number of likely N-dealkylation sites (tertiary alicyclic amines) is 1. The van der Waals surface area contributed by atoms with E-state index in [2.05, 4.69) is 0 Å². The van der Waals surface area contributed by atoms with Crippen molar-refractivity contribution in [3.8, 4) is 0 Å². The second-order valence-electron chi connectivity index (χ2n) is 6.17.